The normalized spacial score (nSPS) is 13.0. The molecular formula is C12H8N2O. The molecule has 1 aliphatic rings. The van der Waals surface area contributed by atoms with Crippen LogP contribution in [0.2, 0.25) is 0 Å². The number of nitrogens with zero attached hydrogens (tertiary/aromatic N) is 2. The summed E-state index contributed by atoms with van der Waals surface area (Å²) >= 11 is 0. The summed E-state index contributed by atoms with van der Waals surface area (Å²) in [6, 6.07) is 9.59. The first kappa shape index (κ1) is 8.25. The second-order valence-electron chi connectivity index (χ2n) is 3.73. The van der Waals surface area contributed by atoms with E-state index in [0.717, 1.165) is 17.3 Å². The Morgan fingerprint density at radius 1 is 1.40 bits per heavy atom. The Morgan fingerprint density at radius 2 is 2.27 bits per heavy atom. The highest BCUT2D eigenvalue weighted by molar-refractivity contribution is 5.84. The molecule has 3 nitrogen and oxygen atoms in total. The lowest BCUT2D eigenvalue weighted by Gasteiger charge is -2.03. The molecule has 1 aliphatic heterocycles. The average molecular weight is 196 g/mol. The zero-order valence-electron chi connectivity index (χ0n) is 8.03. The molecule has 1 aromatic heterocycles. The van der Waals surface area contributed by atoms with Crippen molar-refractivity contribution in [1.29, 1.82) is 5.26 Å². The van der Waals surface area contributed by atoms with E-state index in [1.54, 1.807) is 10.6 Å². The molecule has 0 atom stereocenters. The third-order valence-electron chi connectivity index (χ3n) is 2.92. The van der Waals surface area contributed by atoms with Crippen molar-refractivity contribution >= 4 is 10.9 Å². The minimum atomic E-state index is -0.157. The molecule has 0 aliphatic carbocycles. The van der Waals surface area contributed by atoms with Crippen LogP contribution >= 0.6 is 0 Å². The van der Waals surface area contributed by atoms with Crippen LogP contribution < -0.4 is 5.56 Å². The minimum Gasteiger partial charge on any atom is -0.307 e. The van der Waals surface area contributed by atoms with Crippen LogP contribution in [0.1, 0.15) is 11.1 Å². The number of benzene rings is 1. The highest BCUT2D eigenvalue weighted by atomic mass is 16.1. The van der Waals surface area contributed by atoms with Gasteiger partial charge in [0.05, 0.1) is 5.52 Å². The van der Waals surface area contributed by atoms with E-state index in [0.29, 0.717) is 6.54 Å². The smallest absolute Gasteiger partial charge is 0.268 e. The van der Waals surface area contributed by atoms with Crippen molar-refractivity contribution in [2.24, 2.45) is 0 Å². The molecule has 0 saturated heterocycles. The van der Waals surface area contributed by atoms with Crippen LogP contribution in [0.3, 0.4) is 0 Å². The molecule has 0 unspecified atom stereocenters. The van der Waals surface area contributed by atoms with E-state index in [4.69, 9.17) is 5.26 Å². The predicted molar refractivity (Wildman–Crippen MR) is 56.6 cm³/mol. The fraction of sp³-hybridized carbons (Fsp3) is 0.167. The molecule has 0 bridgehead atoms. The quantitative estimate of drug-likeness (QED) is 0.639. The van der Waals surface area contributed by atoms with Gasteiger partial charge < -0.3 is 4.57 Å². The molecule has 0 N–H and O–H groups in total. The molecule has 0 saturated carbocycles. The number of hydrogen-bond acceptors (Lipinski definition) is 2. The number of pyridine rings is 1. The third-order valence-corrected chi connectivity index (χ3v) is 2.92. The minimum absolute atomic E-state index is 0.157. The number of hydrogen-bond donors (Lipinski definition) is 0. The summed E-state index contributed by atoms with van der Waals surface area (Å²) in [4.78, 5) is 11.8. The molecule has 0 spiro atoms. The summed E-state index contributed by atoms with van der Waals surface area (Å²) in [6.07, 6.45) is 0.890. The zero-order chi connectivity index (χ0) is 10.4. The van der Waals surface area contributed by atoms with Crippen LogP contribution in [0.15, 0.2) is 29.1 Å². The van der Waals surface area contributed by atoms with Gasteiger partial charge in [-0.1, -0.05) is 18.2 Å². The second-order valence-corrected chi connectivity index (χ2v) is 3.73. The molecule has 0 fully saturated rings. The molecular weight excluding hydrogens is 188 g/mol. The zero-order valence-corrected chi connectivity index (χ0v) is 8.03. The van der Waals surface area contributed by atoms with E-state index in [9.17, 15) is 4.79 Å². The van der Waals surface area contributed by atoms with Gasteiger partial charge in [-0.25, -0.2) is 0 Å². The molecule has 72 valence electrons. The van der Waals surface area contributed by atoms with Gasteiger partial charge >= 0.3 is 0 Å². The topological polar surface area (TPSA) is 45.8 Å². The van der Waals surface area contributed by atoms with E-state index in [1.165, 1.54) is 5.56 Å². The third kappa shape index (κ3) is 0.962. The molecule has 2 aromatic rings. The fourth-order valence-corrected chi connectivity index (χ4v) is 2.25. The maximum Gasteiger partial charge on any atom is 0.268 e. The van der Waals surface area contributed by atoms with Crippen LogP contribution in [-0.4, -0.2) is 4.57 Å². The Morgan fingerprint density at radius 3 is 3.07 bits per heavy atom. The summed E-state index contributed by atoms with van der Waals surface area (Å²) < 4.78 is 1.71. The largest absolute Gasteiger partial charge is 0.307 e. The first-order valence-corrected chi connectivity index (χ1v) is 4.87. The van der Waals surface area contributed by atoms with Crippen molar-refractivity contribution in [3.8, 4) is 6.07 Å². The SMILES string of the molecule is N#Cc1cc2cccc3c2n(c1=O)CC3. The number of nitriles is 1. The molecule has 3 heteroatoms. The maximum atomic E-state index is 11.8. The Hall–Kier alpha value is -2.08. The van der Waals surface area contributed by atoms with E-state index in [1.807, 2.05) is 24.3 Å². The molecule has 1 aromatic carbocycles. The van der Waals surface area contributed by atoms with Crippen LogP contribution in [0.5, 0.6) is 0 Å². The van der Waals surface area contributed by atoms with E-state index in [2.05, 4.69) is 0 Å². The van der Waals surface area contributed by atoms with E-state index < -0.39 is 0 Å². The standard InChI is InChI=1S/C12H8N2O/c13-7-10-6-9-3-1-2-8-4-5-14(11(8)9)12(10)15/h1-3,6H,4-5H2. The predicted octanol–water partition coefficient (Wildman–Crippen LogP) is 1.43. The molecule has 15 heavy (non-hydrogen) atoms. The van der Waals surface area contributed by atoms with Gasteiger partial charge in [-0.05, 0) is 18.1 Å². The summed E-state index contributed by atoms with van der Waals surface area (Å²) in [5.74, 6) is 0. The Kier molecular flexibility index (Phi) is 1.49. The first-order chi connectivity index (χ1) is 7.31. The van der Waals surface area contributed by atoms with Gasteiger partial charge in [0.1, 0.15) is 11.6 Å². The lowest BCUT2D eigenvalue weighted by atomic mass is 10.1. The summed E-state index contributed by atoms with van der Waals surface area (Å²) in [7, 11) is 0. The van der Waals surface area contributed by atoms with Crippen molar-refractivity contribution in [3.05, 3.63) is 45.7 Å². The van der Waals surface area contributed by atoms with Crippen LogP contribution in [-0.2, 0) is 13.0 Å². The van der Waals surface area contributed by atoms with Gasteiger partial charge in [0.2, 0.25) is 0 Å². The molecule has 3 rings (SSSR count). The second kappa shape index (κ2) is 2.71. The van der Waals surface area contributed by atoms with Crippen molar-refractivity contribution in [2.75, 3.05) is 0 Å². The van der Waals surface area contributed by atoms with Crippen LogP contribution in [0, 0.1) is 11.3 Å². The highest BCUT2D eigenvalue weighted by Crippen LogP contribution is 2.23. The average Bonchev–Trinajstić information content (AvgIpc) is 2.69. The lowest BCUT2D eigenvalue weighted by Crippen LogP contribution is -2.20. The van der Waals surface area contributed by atoms with Gasteiger partial charge in [0.25, 0.3) is 5.56 Å². The Bertz CT molecular complexity index is 662. The highest BCUT2D eigenvalue weighted by Gasteiger charge is 2.16. The lowest BCUT2D eigenvalue weighted by molar-refractivity contribution is 0.740. The van der Waals surface area contributed by atoms with E-state index in [-0.39, 0.29) is 11.1 Å². The molecule has 2 heterocycles. The fourth-order valence-electron chi connectivity index (χ4n) is 2.25. The van der Waals surface area contributed by atoms with Gasteiger partial charge in [-0.3, -0.25) is 4.79 Å². The number of para-hydroxylation sites is 1. The Labute approximate surface area is 86.2 Å². The Balaban J connectivity index is 2.59. The molecule has 0 amide bonds. The van der Waals surface area contributed by atoms with Gasteiger partial charge in [0, 0.05) is 11.9 Å². The van der Waals surface area contributed by atoms with Gasteiger partial charge in [-0.2, -0.15) is 5.26 Å². The summed E-state index contributed by atoms with van der Waals surface area (Å²) in [5, 5.41) is 9.84. The van der Waals surface area contributed by atoms with Crippen LogP contribution in [0.4, 0.5) is 0 Å². The number of rotatable bonds is 0. The van der Waals surface area contributed by atoms with Crippen molar-refractivity contribution in [3.63, 3.8) is 0 Å². The summed E-state index contributed by atoms with van der Waals surface area (Å²) in [5.41, 5.74) is 2.28. The molecule has 0 radical (unpaired) electrons. The first-order valence-electron chi connectivity index (χ1n) is 4.87. The van der Waals surface area contributed by atoms with Crippen molar-refractivity contribution < 1.29 is 0 Å². The van der Waals surface area contributed by atoms with Crippen molar-refractivity contribution in [1.82, 2.24) is 4.57 Å². The summed E-state index contributed by atoms with van der Waals surface area (Å²) in [6.45, 7) is 0.699. The maximum absolute atomic E-state index is 11.8. The van der Waals surface area contributed by atoms with Gasteiger partial charge in [0.15, 0.2) is 0 Å². The van der Waals surface area contributed by atoms with Gasteiger partial charge in [-0.15, -0.1) is 0 Å². The van der Waals surface area contributed by atoms with Crippen LogP contribution in [0.25, 0.3) is 10.9 Å². The monoisotopic (exact) mass is 196 g/mol. The van der Waals surface area contributed by atoms with E-state index >= 15 is 0 Å². The number of aromatic nitrogens is 1. The number of aryl methyl sites for hydroxylation is 2. The van der Waals surface area contributed by atoms with Crippen molar-refractivity contribution in [2.45, 2.75) is 13.0 Å².